The number of aliphatic carboxylic acids is 1. The number of carboxylic acid groups (broad SMARTS) is 1. The second kappa shape index (κ2) is 4.22. The Bertz CT molecular complexity index is 466. The summed E-state index contributed by atoms with van der Waals surface area (Å²) < 4.78 is 5.86. The van der Waals surface area contributed by atoms with Crippen LogP contribution in [0.1, 0.15) is 31.4 Å². The Morgan fingerprint density at radius 3 is 2.88 bits per heavy atom. The number of fused-ring (bicyclic) bond motifs is 1. The van der Waals surface area contributed by atoms with Crippen molar-refractivity contribution < 1.29 is 14.6 Å². The number of halogens is 1. The minimum absolute atomic E-state index is 0.0938. The minimum Gasteiger partial charge on any atom is -0.487 e. The van der Waals surface area contributed by atoms with Crippen LogP contribution in [0.4, 0.5) is 0 Å². The van der Waals surface area contributed by atoms with E-state index >= 15 is 0 Å². The van der Waals surface area contributed by atoms with E-state index in [4.69, 9.17) is 21.4 Å². The van der Waals surface area contributed by atoms with Crippen LogP contribution in [0.25, 0.3) is 0 Å². The zero-order chi connectivity index (χ0) is 12.6. The standard InChI is InChI=1S/C13H15ClO3/c1-13(2)7-9-6-10(14)5-8(12(9)17-13)3-4-11(15)16/h5-6H,3-4,7H2,1-2H3,(H,15,16). The van der Waals surface area contributed by atoms with Crippen molar-refractivity contribution in [2.45, 2.75) is 38.7 Å². The monoisotopic (exact) mass is 254 g/mol. The smallest absolute Gasteiger partial charge is 0.303 e. The van der Waals surface area contributed by atoms with E-state index in [0.717, 1.165) is 23.3 Å². The van der Waals surface area contributed by atoms with E-state index in [1.54, 1.807) is 6.07 Å². The molecule has 0 radical (unpaired) electrons. The van der Waals surface area contributed by atoms with Gasteiger partial charge in [-0.15, -0.1) is 0 Å². The van der Waals surface area contributed by atoms with Crippen molar-refractivity contribution in [3.8, 4) is 5.75 Å². The molecule has 2 rings (SSSR count). The molecule has 1 heterocycles. The minimum atomic E-state index is -0.809. The van der Waals surface area contributed by atoms with Gasteiger partial charge in [0.15, 0.2) is 0 Å². The van der Waals surface area contributed by atoms with Crippen LogP contribution in [0.3, 0.4) is 0 Å². The summed E-state index contributed by atoms with van der Waals surface area (Å²) >= 11 is 6.03. The molecule has 3 nitrogen and oxygen atoms in total. The lowest BCUT2D eigenvalue weighted by Gasteiger charge is -2.18. The Morgan fingerprint density at radius 2 is 2.24 bits per heavy atom. The van der Waals surface area contributed by atoms with Crippen molar-refractivity contribution in [2.24, 2.45) is 0 Å². The molecule has 4 heteroatoms. The first-order valence-corrected chi connectivity index (χ1v) is 5.97. The molecule has 0 unspecified atom stereocenters. The summed E-state index contributed by atoms with van der Waals surface area (Å²) in [4.78, 5) is 10.6. The van der Waals surface area contributed by atoms with E-state index in [1.165, 1.54) is 0 Å². The van der Waals surface area contributed by atoms with E-state index < -0.39 is 5.97 Å². The van der Waals surface area contributed by atoms with Gasteiger partial charge in [0.05, 0.1) is 0 Å². The number of rotatable bonds is 3. The van der Waals surface area contributed by atoms with Crippen molar-refractivity contribution in [2.75, 3.05) is 0 Å². The molecule has 1 N–H and O–H groups in total. The summed E-state index contributed by atoms with van der Waals surface area (Å²) in [5, 5.41) is 9.37. The highest BCUT2D eigenvalue weighted by Crippen LogP contribution is 2.39. The Hall–Kier alpha value is -1.22. The first-order valence-electron chi connectivity index (χ1n) is 5.59. The molecule has 1 aromatic carbocycles. The highest BCUT2D eigenvalue weighted by Gasteiger charge is 2.32. The number of benzene rings is 1. The molecule has 1 aliphatic rings. The van der Waals surface area contributed by atoms with E-state index in [-0.39, 0.29) is 12.0 Å². The predicted molar refractivity (Wildman–Crippen MR) is 65.8 cm³/mol. The number of ether oxygens (including phenoxy) is 1. The lowest BCUT2D eigenvalue weighted by atomic mass is 9.99. The molecular formula is C13H15ClO3. The normalized spacial score (nSPS) is 16.4. The van der Waals surface area contributed by atoms with Crippen molar-refractivity contribution >= 4 is 17.6 Å². The van der Waals surface area contributed by atoms with Crippen molar-refractivity contribution in [1.29, 1.82) is 0 Å². The maximum absolute atomic E-state index is 10.6. The molecule has 1 aliphatic heterocycles. The lowest BCUT2D eigenvalue weighted by Crippen LogP contribution is -2.24. The molecule has 17 heavy (non-hydrogen) atoms. The summed E-state index contributed by atoms with van der Waals surface area (Å²) in [6, 6.07) is 3.70. The average Bonchev–Trinajstić information content (AvgIpc) is 2.48. The van der Waals surface area contributed by atoms with Gasteiger partial charge in [-0.05, 0) is 43.5 Å². The largest absolute Gasteiger partial charge is 0.487 e. The molecule has 0 saturated heterocycles. The van der Waals surface area contributed by atoms with Gasteiger partial charge >= 0.3 is 5.97 Å². The van der Waals surface area contributed by atoms with Crippen LogP contribution in [0, 0.1) is 0 Å². The van der Waals surface area contributed by atoms with Crippen LogP contribution >= 0.6 is 11.6 Å². The van der Waals surface area contributed by atoms with E-state index in [0.29, 0.717) is 11.4 Å². The summed E-state index contributed by atoms with van der Waals surface area (Å²) in [6.45, 7) is 4.03. The van der Waals surface area contributed by atoms with E-state index in [9.17, 15) is 4.79 Å². The number of hydrogen-bond acceptors (Lipinski definition) is 2. The van der Waals surface area contributed by atoms with Gasteiger partial charge in [0.2, 0.25) is 0 Å². The molecule has 1 aromatic rings. The fraction of sp³-hybridized carbons (Fsp3) is 0.462. The maximum Gasteiger partial charge on any atom is 0.303 e. The molecule has 0 fully saturated rings. The molecule has 0 saturated carbocycles. The van der Waals surface area contributed by atoms with Crippen molar-refractivity contribution in [3.63, 3.8) is 0 Å². The average molecular weight is 255 g/mol. The Labute approximate surface area is 105 Å². The third-order valence-corrected chi connectivity index (χ3v) is 3.03. The fourth-order valence-electron chi connectivity index (χ4n) is 2.17. The Morgan fingerprint density at radius 1 is 1.53 bits per heavy atom. The third kappa shape index (κ3) is 2.72. The summed E-state index contributed by atoms with van der Waals surface area (Å²) in [7, 11) is 0. The number of aryl methyl sites for hydroxylation is 1. The molecule has 0 amide bonds. The third-order valence-electron chi connectivity index (χ3n) is 2.81. The van der Waals surface area contributed by atoms with Crippen LogP contribution in [-0.2, 0) is 17.6 Å². The molecule has 0 bridgehead atoms. The van der Waals surface area contributed by atoms with E-state index in [1.807, 2.05) is 19.9 Å². The topological polar surface area (TPSA) is 46.5 Å². The molecular weight excluding hydrogens is 240 g/mol. The van der Waals surface area contributed by atoms with Gasteiger partial charge in [0.25, 0.3) is 0 Å². The highest BCUT2D eigenvalue weighted by molar-refractivity contribution is 6.30. The summed E-state index contributed by atoms with van der Waals surface area (Å²) in [6.07, 6.45) is 1.36. The first-order chi connectivity index (χ1) is 7.87. The summed E-state index contributed by atoms with van der Waals surface area (Å²) in [5.74, 6) is 0.0108. The predicted octanol–water partition coefficient (Wildman–Crippen LogP) is 3.07. The highest BCUT2D eigenvalue weighted by atomic mass is 35.5. The van der Waals surface area contributed by atoms with Crippen molar-refractivity contribution in [3.05, 3.63) is 28.3 Å². The SMILES string of the molecule is CC1(C)Cc2cc(Cl)cc(CCC(=O)O)c2O1. The molecule has 0 aromatic heterocycles. The van der Waals surface area contributed by atoms with Crippen LogP contribution in [-0.4, -0.2) is 16.7 Å². The molecule has 0 atom stereocenters. The van der Waals surface area contributed by atoms with Gasteiger partial charge in [-0.1, -0.05) is 11.6 Å². The second-order valence-corrected chi connectivity index (χ2v) is 5.42. The van der Waals surface area contributed by atoms with Gasteiger partial charge in [-0.2, -0.15) is 0 Å². The molecule has 0 aliphatic carbocycles. The summed E-state index contributed by atoms with van der Waals surface area (Å²) in [5.41, 5.74) is 1.73. The van der Waals surface area contributed by atoms with E-state index in [2.05, 4.69) is 0 Å². The molecule has 92 valence electrons. The number of hydrogen-bond donors (Lipinski definition) is 1. The number of carbonyl (C=O) groups is 1. The van der Waals surface area contributed by atoms with Crippen LogP contribution < -0.4 is 4.74 Å². The van der Waals surface area contributed by atoms with Crippen LogP contribution in [0.5, 0.6) is 5.75 Å². The second-order valence-electron chi connectivity index (χ2n) is 4.99. The molecule has 0 spiro atoms. The van der Waals surface area contributed by atoms with Gasteiger partial charge in [0.1, 0.15) is 11.4 Å². The van der Waals surface area contributed by atoms with Gasteiger partial charge in [0, 0.05) is 17.9 Å². The number of carboxylic acids is 1. The Balaban J connectivity index is 2.31. The maximum atomic E-state index is 10.6. The van der Waals surface area contributed by atoms with Gasteiger partial charge < -0.3 is 9.84 Å². The van der Waals surface area contributed by atoms with Crippen molar-refractivity contribution in [1.82, 2.24) is 0 Å². The van der Waals surface area contributed by atoms with Crippen LogP contribution in [0.2, 0.25) is 5.02 Å². The Kier molecular flexibility index (Phi) is 3.04. The zero-order valence-electron chi connectivity index (χ0n) is 9.92. The van der Waals surface area contributed by atoms with Gasteiger partial charge in [-0.25, -0.2) is 0 Å². The lowest BCUT2D eigenvalue weighted by molar-refractivity contribution is -0.136. The quantitative estimate of drug-likeness (QED) is 0.902. The van der Waals surface area contributed by atoms with Gasteiger partial charge in [-0.3, -0.25) is 4.79 Å². The zero-order valence-corrected chi connectivity index (χ0v) is 10.7. The van der Waals surface area contributed by atoms with Crippen LogP contribution in [0.15, 0.2) is 12.1 Å². The first kappa shape index (κ1) is 12.2. The fourth-order valence-corrected chi connectivity index (χ4v) is 2.44.